The number of nitrogens with zero attached hydrogens (tertiary/aromatic N) is 3. The molecule has 1 saturated heterocycles. The smallest absolute Gasteiger partial charge is 0.292 e. The van der Waals surface area contributed by atoms with E-state index in [0.717, 1.165) is 0 Å². The van der Waals surface area contributed by atoms with Gasteiger partial charge in [-0.2, -0.15) is 0 Å². The minimum absolute atomic E-state index is 0.00956. The third-order valence-electron chi connectivity index (χ3n) is 3.74. The van der Waals surface area contributed by atoms with Gasteiger partial charge in [0, 0.05) is 39.2 Å². The fourth-order valence-electron chi connectivity index (χ4n) is 2.48. The number of benzene rings is 1. The van der Waals surface area contributed by atoms with Crippen molar-refractivity contribution >= 4 is 17.3 Å². The summed E-state index contributed by atoms with van der Waals surface area (Å²) in [7, 11) is 0. The topological polar surface area (TPSA) is 86.9 Å². The second kappa shape index (κ2) is 6.09. The van der Waals surface area contributed by atoms with Crippen molar-refractivity contribution in [1.82, 2.24) is 4.90 Å². The van der Waals surface area contributed by atoms with Gasteiger partial charge in [0.2, 0.25) is 5.91 Å². The Balaban J connectivity index is 2.24. The molecule has 21 heavy (non-hydrogen) atoms. The molecule has 1 heterocycles. The third kappa shape index (κ3) is 3.30. The minimum atomic E-state index is -0.743. The highest BCUT2D eigenvalue weighted by molar-refractivity contribution is 5.74. The molecule has 1 aliphatic heterocycles. The van der Waals surface area contributed by atoms with E-state index >= 15 is 0 Å². The van der Waals surface area contributed by atoms with Crippen LogP contribution in [0.4, 0.5) is 11.4 Å². The summed E-state index contributed by atoms with van der Waals surface area (Å²) in [5, 5.41) is 20.8. The van der Waals surface area contributed by atoms with Crippen LogP contribution in [0.2, 0.25) is 0 Å². The van der Waals surface area contributed by atoms with Gasteiger partial charge in [0.1, 0.15) is 5.69 Å². The molecular formula is C14H19N3O4. The maximum absolute atomic E-state index is 11.3. The van der Waals surface area contributed by atoms with E-state index in [0.29, 0.717) is 37.4 Å². The molecule has 1 N–H and O–H groups in total. The largest absolute Gasteiger partial charge is 0.389 e. The number of nitro groups is 1. The van der Waals surface area contributed by atoms with E-state index in [2.05, 4.69) is 0 Å². The van der Waals surface area contributed by atoms with Gasteiger partial charge in [-0.15, -0.1) is 0 Å². The van der Waals surface area contributed by atoms with Crippen LogP contribution in [0.3, 0.4) is 0 Å². The zero-order valence-electron chi connectivity index (χ0n) is 12.2. The first-order valence-corrected chi connectivity index (χ1v) is 6.87. The number of rotatable bonds is 3. The van der Waals surface area contributed by atoms with E-state index in [9.17, 15) is 20.0 Å². The third-order valence-corrected chi connectivity index (χ3v) is 3.74. The predicted molar refractivity (Wildman–Crippen MR) is 78.2 cm³/mol. The van der Waals surface area contributed by atoms with E-state index < -0.39 is 11.0 Å². The van der Waals surface area contributed by atoms with Gasteiger partial charge in [-0.05, 0) is 18.6 Å². The molecule has 7 nitrogen and oxygen atoms in total. The molecule has 1 aromatic carbocycles. The zero-order valence-corrected chi connectivity index (χ0v) is 12.2. The first-order chi connectivity index (χ1) is 9.90. The lowest BCUT2D eigenvalue weighted by molar-refractivity contribution is -0.384. The van der Waals surface area contributed by atoms with Crippen molar-refractivity contribution in [1.29, 1.82) is 0 Å². The van der Waals surface area contributed by atoms with Crippen molar-refractivity contribution in [2.24, 2.45) is 0 Å². The number of anilines is 1. The summed E-state index contributed by atoms with van der Waals surface area (Å²) >= 11 is 0. The summed E-state index contributed by atoms with van der Waals surface area (Å²) in [6, 6.07) is 4.78. The Kier molecular flexibility index (Phi) is 4.42. The summed E-state index contributed by atoms with van der Waals surface area (Å²) in [4.78, 5) is 25.8. The molecule has 0 radical (unpaired) electrons. The first kappa shape index (κ1) is 15.2. The number of hydrogen-bond acceptors (Lipinski definition) is 5. The average Bonchev–Trinajstić information content (AvgIpc) is 2.46. The number of piperazine rings is 1. The van der Waals surface area contributed by atoms with E-state index in [-0.39, 0.29) is 11.6 Å². The van der Waals surface area contributed by atoms with Crippen molar-refractivity contribution < 1.29 is 14.8 Å². The SMILES string of the molecule is CC(=O)N1CCN(c2ccc(C(C)O)cc2[N+](=O)[O-])CC1. The maximum atomic E-state index is 11.3. The normalized spacial score (nSPS) is 16.7. The number of nitro benzene ring substituents is 1. The molecule has 114 valence electrons. The number of carbonyl (C=O) groups excluding carboxylic acids is 1. The second-order valence-electron chi connectivity index (χ2n) is 5.17. The monoisotopic (exact) mass is 293 g/mol. The highest BCUT2D eigenvalue weighted by Crippen LogP contribution is 2.31. The quantitative estimate of drug-likeness (QED) is 0.671. The van der Waals surface area contributed by atoms with Crippen LogP contribution < -0.4 is 4.90 Å². The highest BCUT2D eigenvalue weighted by atomic mass is 16.6. The van der Waals surface area contributed by atoms with Crippen molar-refractivity contribution in [2.75, 3.05) is 31.1 Å². The molecule has 1 atom stereocenters. The summed E-state index contributed by atoms with van der Waals surface area (Å²) in [6.45, 7) is 5.35. The van der Waals surface area contributed by atoms with E-state index in [4.69, 9.17) is 0 Å². The molecule has 1 aliphatic rings. The molecule has 7 heteroatoms. The van der Waals surface area contributed by atoms with Crippen LogP contribution >= 0.6 is 0 Å². The zero-order chi connectivity index (χ0) is 15.6. The number of aliphatic hydroxyl groups is 1. The van der Waals surface area contributed by atoms with Crippen LogP contribution in [0.15, 0.2) is 18.2 Å². The fraction of sp³-hybridized carbons (Fsp3) is 0.500. The van der Waals surface area contributed by atoms with Crippen LogP contribution in [0.25, 0.3) is 0 Å². The Bertz CT molecular complexity index is 551. The minimum Gasteiger partial charge on any atom is -0.389 e. The molecular weight excluding hydrogens is 274 g/mol. The van der Waals surface area contributed by atoms with Crippen molar-refractivity contribution in [3.63, 3.8) is 0 Å². The first-order valence-electron chi connectivity index (χ1n) is 6.87. The van der Waals surface area contributed by atoms with E-state index in [1.165, 1.54) is 13.0 Å². The van der Waals surface area contributed by atoms with Crippen LogP contribution in [-0.2, 0) is 4.79 Å². The molecule has 0 saturated carbocycles. The van der Waals surface area contributed by atoms with Crippen LogP contribution in [-0.4, -0.2) is 47.0 Å². The second-order valence-corrected chi connectivity index (χ2v) is 5.17. The predicted octanol–water partition coefficient (Wildman–Crippen LogP) is 1.32. The van der Waals surface area contributed by atoms with Gasteiger partial charge in [0.25, 0.3) is 5.69 Å². The molecule has 1 unspecified atom stereocenters. The van der Waals surface area contributed by atoms with Crippen molar-refractivity contribution in [3.05, 3.63) is 33.9 Å². The standard InChI is InChI=1S/C14H19N3O4/c1-10(18)12-3-4-13(14(9-12)17(20)21)16-7-5-15(6-8-16)11(2)19/h3-4,9-10,18H,5-8H2,1-2H3. The Hall–Kier alpha value is -2.15. The van der Waals surface area contributed by atoms with Crippen LogP contribution in [0, 0.1) is 10.1 Å². The molecule has 0 bridgehead atoms. The lowest BCUT2D eigenvalue weighted by Gasteiger charge is -2.35. The molecule has 1 amide bonds. The Morgan fingerprint density at radius 3 is 2.43 bits per heavy atom. The van der Waals surface area contributed by atoms with Gasteiger partial charge in [0.15, 0.2) is 0 Å². The molecule has 0 aromatic heterocycles. The maximum Gasteiger partial charge on any atom is 0.292 e. The molecule has 0 spiro atoms. The van der Waals surface area contributed by atoms with Gasteiger partial charge in [-0.3, -0.25) is 14.9 Å². The van der Waals surface area contributed by atoms with Gasteiger partial charge < -0.3 is 14.9 Å². The summed E-state index contributed by atoms with van der Waals surface area (Å²) in [5.74, 6) is 0.0219. The summed E-state index contributed by atoms with van der Waals surface area (Å²) in [6.07, 6.45) is -0.743. The van der Waals surface area contributed by atoms with Gasteiger partial charge in [-0.25, -0.2) is 0 Å². The van der Waals surface area contributed by atoms with Crippen molar-refractivity contribution in [2.45, 2.75) is 20.0 Å². The van der Waals surface area contributed by atoms with Gasteiger partial charge in [-0.1, -0.05) is 6.07 Å². The lowest BCUT2D eigenvalue weighted by Crippen LogP contribution is -2.48. The fourth-order valence-corrected chi connectivity index (χ4v) is 2.48. The number of carbonyl (C=O) groups is 1. The van der Waals surface area contributed by atoms with Gasteiger partial charge >= 0.3 is 0 Å². The molecule has 0 aliphatic carbocycles. The summed E-state index contributed by atoms with van der Waals surface area (Å²) < 4.78 is 0. The highest BCUT2D eigenvalue weighted by Gasteiger charge is 2.25. The Morgan fingerprint density at radius 2 is 1.95 bits per heavy atom. The summed E-state index contributed by atoms with van der Waals surface area (Å²) in [5.41, 5.74) is 1.05. The number of amides is 1. The number of aliphatic hydroxyl groups excluding tert-OH is 1. The Morgan fingerprint density at radius 1 is 1.33 bits per heavy atom. The van der Waals surface area contributed by atoms with Crippen LogP contribution in [0.1, 0.15) is 25.5 Å². The number of hydrogen-bond donors (Lipinski definition) is 1. The average molecular weight is 293 g/mol. The Labute approximate surface area is 122 Å². The molecule has 1 fully saturated rings. The van der Waals surface area contributed by atoms with Gasteiger partial charge in [0.05, 0.1) is 11.0 Å². The van der Waals surface area contributed by atoms with E-state index in [1.807, 2.05) is 4.90 Å². The van der Waals surface area contributed by atoms with Crippen molar-refractivity contribution in [3.8, 4) is 0 Å². The van der Waals surface area contributed by atoms with E-state index in [1.54, 1.807) is 24.0 Å². The lowest BCUT2D eigenvalue weighted by atomic mass is 10.1. The molecule has 2 rings (SSSR count). The molecule has 1 aromatic rings. The van der Waals surface area contributed by atoms with Crippen LogP contribution in [0.5, 0.6) is 0 Å².